The fraction of sp³-hybridized carbons (Fsp3) is 0.286. The fourth-order valence-corrected chi connectivity index (χ4v) is 2.40. The topological polar surface area (TPSA) is 57.6 Å². The van der Waals surface area contributed by atoms with E-state index in [0.29, 0.717) is 29.7 Å². The number of rotatable bonds is 2. The predicted molar refractivity (Wildman–Crippen MR) is 71.9 cm³/mol. The van der Waals surface area contributed by atoms with Gasteiger partial charge in [-0.15, -0.1) is 0 Å². The second-order valence-electron chi connectivity index (χ2n) is 4.49. The Kier molecular flexibility index (Phi) is 3.12. The molecule has 19 heavy (non-hydrogen) atoms. The summed E-state index contributed by atoms with van der Waals surface area (Å²) in [5, 5.41) is 0.565. The largest absolute Gasteiger partial charge is 0.486 e. The van der Waals surface area contributed by atoms with Crippen molar-refractivity contribution in [3.63, 3.8) is 0 Å². The standard InChI is InChI=1S/C14H14ClNO3/c1-8-4-9(7-19-8)14(16)10-5-12-13(6-11(10)15)18-3-2-17-12/h4-7,14H,2-3,16H2,1H3. The Labute approximate surface area is 116 Å². The summed E-state index contributed by atoms with van der Waals surface area (Å²) in [5.74, 6) is 2.16. The molecule has 100 valence electrons. The maximum Gasteiger partial charge on any atom is 0.162 e. The molecule has 1 unspecified atom stereocenters. The molecule has 0 saturated heterocycles. The van der Waals surface area contributed by atoms with Crippen LogP contribution < -0.4 is 15.2 Å². The molecule has 0 bridgehead atoms. The quantitative estimate of drug-likeness (QED) is 0.918. The van der Waals surface area contributed by atoms with E-state index in [9.17, 15) is 0 Å². The van der Waals surface area contributed by atoms with E-state index >= 15 is 0 Å². The number of nitrogens with two attached hydrogens (primary N) is 1. The number of benzene rings is 1. The van der Waals surface area contributed by atoms with Crippen molar-refractivity contribution in [3.8, 4) is 11.5 Å². The number of halogens is 1. The second kappa shape index (κ2) is 4.79. The highest BCUT2D eigenvalue weighted by atomic mass is 35.5. The number of aryl methyl sites for hydroxylation is 1. The molecule has 4 nitrogen and oxygen atoms in total. The molecule has 2 N–H and O–H groups in total. The smallest absolute Gasteiger partial charge is 0.162 e. The van der Waals surface area contributed by atoms with Gasteiger partial charge in [-0.2, -0.15) is 0 Å². The fourth-order valence-electron chi connectivity index (χ4n) is 2.12. The van der Waals surface area contributed by atoms with Crippen molar-refractivity contribution in [3.05, 3.63) is 46.4 Å². The number of furan rings is 1. The van der Waals surface area contributed by atoms with Crippen molar-refractivity contribution < 1.29 is 13.9 Å². The Morgan fingerprint density at radius 1 is 1.16 bits per heavy atom. The molecule has 0 fully saturated rings. The van der Waals surface area contributed by atoms with E-state index in [2.05, 4.69) is 0 Å². The molecule has 1 aliphatic rings. The van der Waals surface area contributed by atoms with Crippen molar-refractivity contribution >= 4 is 11.6 Å². The van der Waals surface area contributed by atoms with E-state index in [-0.39, 0.29) is 6.04 Å². The van der Waals surface area contributed by atoms with Gasteiger partial charge in [-0.3, -0.25) is 0 Å². The maximum atomic E-state index is 6.27. The van der Waals surface area contributed by atoms with E-state index in [1.165, 1.54) is 0 Å². The van der Waals surface area contributed by atoms with Gasteiger partial charge in [0.1, 0.15) is 19.0 Å². The van der Waals surface area contributed by atoms with Crippen LogP contribution in [0.1, 0.15) is 22.9 Å². The van der Waals surface area contributed by atoms with Gasteiger partial charge in [0.05, 0.1) is 12.3 Å². The van der Waals surface area contributed by atoms with Crippen LogP contribution >= 0.6 is 11.6 Å². The first-order valence-electron chi connectivity index (χ1n) is 6.05. The molecule has 3 rings (SSSR count). The van der Waals surface area contributed by atoms with Gasteiger partial charge in [0.25, 0.3) is 0 Å². The van der Waals surface area contributed by atoms with Crippen molar-refractivity contribution in [2.75, 3.05) is 13.2 Å². The molecule has 2 heterocycles. The van der Waals surface area contributed by atoms with E-state index in [0.717, 1.165) is 16.9 Å². The monoisotopic (exact) mass is 279 g/mol. The van der Waals surface area contributed by atoms with Crippen molar-refractivity contribution in [1.82, 2.24) is 0 Å². The minimum Gasteiger partial charge on any atom is -0.486 e. The molecular weight excluding hydrogens is 266 g/mol. The SMILES string of the molecule is Cc1cc(C(N)c2cc3c(cc2Cl)OCCO3)co1. The summed E-state index contributed by atoms with van der Waals surface area (Å²) in [7, 11) is 0. The molecule has 0 aliphatic carbocycles. The van der Waals surface area contributed by atoms with Crippen LogP contribution in [-0.2, 0) is 0 Å². The molecule has 1 aliphatic heterocycles. The van der Waals surface area contributed by atoms with Crippen LogP contribution in [0.5, 0.6) is 11.5 Å². The summed E-state index contributed by atoms with van der Waals surface area (Å²) in [6, 6.07) is 5.14. The zero-order chi connectivity index (χ0) is 13.4. The third kappa shape index (κ3) is 2.29. The van der Waals surface area contributed by atoms with Gasteiger partial charge in [0, 0.05) is 16.7 Å². The number of ether oxygens (including phenoxy) is 2. The molecule has 1 aromatic carbocycles. The lowest BCUT2D eigenvalue weighted by atomic mass is 10.0. The van der Waals surface area contributed by atoms with Gasteiger partial charge >= 0.3 is 0 Å². The van der Waals surface area contributed by atoms with Gasteiger partial charge in [-0.25, -0.2) is 0 Å². The lowest BCUT2D eigenvalue weighted by molar-refractivity contribution is 0.171. The van der Waals surface area contributed by atoms with Crippen LogP contribution in [0.15, 0.2) is 28.9 Å². The molecular formula is C14H14ClNO3. The van der Waals surface area contributed by atoms with Gasteiger partial charge in [-0.05, 0) is 24.6 Å². The minimum absolute atomic E-state index is 0.347. The molecule has 0 radical (unpaired) electrons. The van der Waals surface area contributed by atoms with E-state index < -0.39 is 0 Å². The van der Waals surface area contributed by atoms with Crippen molar-refractivity contribution in [2.24, 2.45) is 5.73 Å². The number of fused-ring (bicyclic) bond motifs is 1. The van der Waals surface area contributed by atoms with Crippen LogP contribution in [0.25, 0.3) is 0 Å². The minimum atomic E-state index is -0.347. The summed E-state index contributed by atoms with van der Waals surface area (Å²) >= 11 is 6.27. The summed E-state index contributed by atoms with van der Waals surface area (Å²) in [6.45, 7) is 2.95. The summed E-state index contributed by atoms with van der Waals surface area (Å²) in [5.41, 5.74) is 7.91. The Morgan fingerprint density at radius 2 is 1.84 bits per heavy atom. The van der Waals surface area contributed by atoms with Gasteiger partial charge < -0.3 is 19.6 Å². The van der Waals surface area contributed by atoms with Crippen molar-refractivity contribution in [1.29, 1.82) is 0 Å². The van der Waals surface area contributed by atoms with Crippen LogP contribution in [0.3, 0.4) is 0 Å². The molecule has 2 aromatic rings. The van der Waals surface area contributed by atoms with Crippen LogP contribution in [-0.4, -0.2) is 13.2 Å². The highest BCUT2D eigenvalue weighted by Crippen LogP contribution is 2.38. The summed E-state index contributed by atoms with van der Waals surface area (Å²) in [6.07, 6.45) is 1.65. The van der Waals surface area contributed by atoms with Crippen molar-refractivity contribution in [2.45, 2.75) is 13.0 Å². The van der Waals surface area contributed by atoms with Crippen LogP contribution in [0.2, 0.25) is 5.02 Å². The lowest BCUT2D eigenvalue weighted by Gasteiger charge is -2.21. The average Bonchev–Trinajstić information content (AvgIpc) is 2.84. The van der Waals surface area contributed by atoms with E-state index in [1.807, 2.05) is 19.1 Å². The molecule has 0 spiro atoms. The Morgan fingerprint density at radius 3 is 2.47 bits per heavy atom. The lowest BCUT2D eigenvalue weighted by Crippen LogP contribution is -2.17. The molecule has 1 atom stereocenters. The molecule has 5 heteroatoms. The van der Waals surface area contributed by atoms with Gasteiger partial charge in [0.15, 0.2) is 11.5 Å². The molecule has 1 aromatic heterocycles. The predicted octanol–water partition coefficient (Wildman–Crippen LogP) is 3.06. The Balaban J connectivity index is 2.00. The highest BCUT2D eigenvalue weighted by Gasteiger charge is 2.20. The van der Waals surface area contributed by atoms with E-state index in [1.54, 1.807) is 12.3 Å². The third-order valence-electron chi connectivity index (χ3n) is 3.11. The van der Waals surface area contributed by atoms with Gasteiger partial charge in [-0.1, -0.05) is 11.6 Å². The average molecular weight is 280 g/mol. The first-order chi connectivity index (χ1) is 9.15. The maximum absolute atomic E-state index is 6.27. The second-order valence-corrected chi connectivity index (χ2v) is 4.89. The molecule has 0 amide bonds. The number of hydrogen-bond acceptors (Lipinski definition) is 4. The zero-order valence-electron chi connectivity index (χ0n) is 10.5. The van der Waals surface area contributed by atoms with E-state index in [4.69, 9.17) is 31.2 Å². The van der Waals surface area contributed by atoms with Crippen LogP contribution in [0, 0.1) is 6.92 Å². The first-order valence-corrected chi connectivity index (χ1v) is 6.42. The normalized spacial score (nSPS) is 15.3. The van der Waals surface area contributed by atoms with Gasteiger partial charge in [0.2, 0.25) is 0 Å². The van der Waals surface area contributed by atoms with Crippen LogP contribution in [0.4, 0.5) is 0 Å². The number of hydrogen-bond donors (Lipinski definition) is 1. The zero-order valence-corrected chi connectivity index (χ0v) is 11.2. The Hall–Kier alpha value is -1.65. The first kappa shape index (κ1) is 12.4. The Bertz CT molecular complexity index is 609. The molecule has 0 saturated carbocycles. The third-order valence-corrected chi connectivity index (χ3v) is 3.43. The summed E-state index contributed by atoms with van der Waals surface area (Å²) < 4.78 is 16.3. The summed E-state index contributed by atoms with van der Waals surface area (Å²) in [4.78, 5) is 0. The highest BCUT2D eigenvalue weighted by molar-refractivity contribution is 6.31.